The summed E-state index contributed by atoms with van der Waals surface area (Å²) >= 11 is 0. The molecule has 0 aromatic carbocycles. The van der Waals surface area contributed by atoms with Gasteiger partial charge in [0.2, 0.25) is 0 Å². The standard InChI is InChI=1S/C12H12N6.2ClH/c13-11(14)7-1-3-17-9(5-7)10-6-8(12(15)16)2-4-18-10;;/h1-6H,(H3,13,14)(H3,15,16);2*1H. The smallest absolute Gasteiger partial charge is 0.122 e. The number of nitrogens with one attached hydrogen (secondary N) is 2. The van der Waals surface area contributed by atoms with E-state index in [1.165, 1.54) is 0 Å². The Morgan fingerprint density at radius 3 is 1.45 bits per heavy atom. The summed E-state index contributed by atoms with van der Waals surface area (Å²) in [7, 11) is 0. The average molecular weight is 313 g/mol. The minimum Gasteiger partial charge on any atom is -0.384 e. The third kappa shape index (κ3) is 3.91. The number of nitrogens with zero attached hydrogens (tertiary/aromatic N) is 2. The van der Waals surface area contributed by atoms with E-state index in [4.69, 9.17) is 22.3 Å². The number of nitrogen functional groups attached to an aromatic ring is 2. The van der Waals surface area contributed by atoms with Gasteiger partial charge in [-0.2, -0.15) is 0 Å². The Kier molecular flexibility index (Phi) is 6.61. The largest absolute Gasteiger partial charge is 0.384 e. The Labute approximate surface area is 128 Å². The lowest BCUT2D eigenvalue weighted by Gasteiger charge is -2.04. The second-order valence-electron chi connectivity index (χ2n) is 3.69. The Morgan fingerprint density at radius 2 is 1.15 bits per heavy atom. The van der Waals surface area contributed by atoms with E-state index in [1.54, 1.807) is 36.7 Å². The van der Waals surface area contributed by atoms with Gasteiger partial charge in [-0.05, 0) is 24.3 Å². The number of pyridine rings is 2. The summed E-state index contributed by atoms with van der Waals surface area (Å²) in [6.45, 7) is 0. The molecule has 0 unspecified atom stereocenters. The molecule has 2 rings (SSSR count). The maximum absolute atomic E-state index is 7.38. The van der Waals surface area contributed by atoms with Gasteiger partial charge in [-0.3, -0.25) is 20.8 Å². The Hall–Kier alpha value is -2.18. The minimum atomic E-state index is -0.0265. The van der Waals surface area contributed by atoms with E-state index >= 15 is 0 Å². The summed E-state index contributed by atoms with van der Waals surface area (Å²) in [6.07, 6.45) is 3.13. The number of rotatable bonds is 3. The summed E-state index contributed by atoms with van der Waals surface area (Å²) in [5, 5.41) is 14.8. The Balaban J connectivity index is 0.00000180. The van der Waals surface area contributed by atoms with Crippen molar-refractivity contribution < 1.29 is 0 Å². The maximum atomic E-state index is 7.38. The summed E-state index contributed by atoms with van der Waals surface area (Å²) < 4.78 is 0. The Morgan fingerprint density at radius 1 is 0.800 bits per heavy atom. The molecule has 0 amide bonds. The van der Waals surface area contributed by atoms with Crippen LogP contribution in [0, 0.1) is 10.8 Å². The van der Waals surface area contributed by atoms with Crippen molar-refractivity contribution in [1.29, 1.82) is 10.8 Å². The zero-order chi connectivity index (χ0) is 13.1. The van der Waals surface area contributed by atoms with Crippen LogP contribution in [-0.4, -0.2) is 21.6 Å². The van der Waals surface area contributed by atoms with Gasteiger partial charge in [-0.15, -0.1) is 24.8 Å². The van der Waals surface area contributed by atoms with Gasteiger partial charge in [0.05, 0.1) is 11.4 Å². The topological polar surface area (TPSA) is 126 Å². The number of aromatic nitrogens is 2. The molecule has 20 heavy (non-hydrogen) atoms. The van der Waals surface area contributed by atoms with Gasteiger partial charge in [-0.1, -0.05) is 0 Å². The van der Waals surface area contributed by atoms with E-state index in [-0.39, 0.29) is 36.5 Å². The van der Waals surface area contributed by atoms with Crippen LogP contribution in [0.1, 0.15) is 11.1 Å². The highest BCUT2D eigenvalue weighted by Crippen LogP contribution is 2.16. The van der Waals surface area contributed by atoms with Crippen LogP contribution >= 0.6 is 24.8 Å². The first kappa shape index (κ1) is 17.8. The predicted molar refractivity (Wildman–Crippen MR) is 84.0 cm³/mol. The molecule has 0 fully saturated rings. The van der Waals surface area contributed by atoms with Crippen LogP contribution in [0.2, 0.25) is 0 Å². The monoisotopic (exact) mass is 312 g/mol. The van der Waals surface area contributed by atoms with Crippen molar-refractivity contribution in [3.63, 3.8) is 0 Å². The molecule has 0 bridgehead atoms. The lowest BCUT2D eigenvalue weighted by atomic mass is 10.1. The number of halogens is 2. The molecule has 0 aliphatic carbocycles. The zero-order valence-electron chi connectivity index (χ0n) is 10.3. The van der Waals surface area contributed by atoms with E-state index in [2.05, 4.69) is 9.97 Å². The number of amidine groups is 2. The van der Waals surface area contributed by atoms with Crippen molar-refractivity contribution in [3.05, 3.63) is 47.8 Å². The fourth-order valence-electron chi connectivity index (χ4n) is 1.48. The third-order valence-corrected chi connectivity index (χ3v) is 2.40. The molecule has 2 heterocycles. The van der Waals surface area contributed by atoms with E-state index in [9.17, 15) is 0 Å². The average Bonchev–Trinajstić information content (AvgIpc) is 2.39. The van der Waals surface area contributed by atoms with Crippen molar-refractivity contribution >= 4 is 36.5 Å². The second kappa shape index (κ2) is 7.42. The van der Waals surface area contributed by atoms with Crippen LogP contribution < -0.4 is 11.5 Å². The molecule has 0 spiro atoms. The molecule has 8 heteroatoms. The zero-order valence-corrected chi connectivity index (χ0v) is 12.0. The fourth-order valence-corrected chi connectivity index (χ4v) is 1.48. The van der Waals surface area contributed by atoms with Crippen LogP contribution in [0.25, 0.3) is 11.4 Å². The molecule has 0 saturated carbocycles. The van der Waals surface area contributed by atoms with Gasteiger partial charge in [0.1, 0.15) is 11.7 Å². The lowest BCUT2D eigenvalue weighted by Crippen LogP contribution is -2.12. The maximum Gasteiger partial charge on any atom is 0.122 e. The highest BCUT2D eigenvalue weighted by Gasteiger charge is 2.06. The fraction of sp³-hybridized carbons (Fsp3) is 0. The first-order chi connectivity index (χ1) is 8.58. The van der Waals surface area contributed by atoms with E-state index < -0.39 is 0 Å². The third-order valence-electron chi connectivity index (χ3n) is 2.40. The molecule has 6 nitrogen and oxygen atoms in total. The predicted octanol–water partition coefficient (Wildman–Crippen LogP) is 1.56. The SMILES string of the molecule is Cl.Cl.N=C(N)c1ccnc(-c2cc(C(=N)N)ccn2)c1. The normalized spacial score (nSPS) is 9.00. The minimum absolute atomic E-state index is 0. The van der Waals surface area contributed by atoms with Crippen LogP contribution in [0.5, 0.6) is 0 Å². The molecule has 0 radical (unpaired) electrons. The van der Waals surface area contributed by atoms with Crippen molar-refractivity contribution in [3.8, 4) is 11.4 Å². The second-order valence-corrected chi connectivity index (χ2v) is 3.69. The van der Waals surface area contributed by atoms with Crippen molar-refractivity contribution in [2.75, 3.05) is 0 Å². The molecular formula is C12H14Cl2N6. The number of hydrogen-bond donors (Lipinski definition) is 4. The lowest BCUT2D eigenvalue weighted by molar-refractivity contribution is 1.23. The van der Waals surface area contributed by atoms with Crippen molar-refractivity contribution in [2.24, 2.45) is 11.5 Å². The molecule has 2 aromatic rings. The van der Waals surface area contributed by atoms with E-state index in [1.807, 2.05) is 0 Å². The summed E-state index contributed by atoms with van der Waals surface area (Å²) in [6, 6.07) is 6.66. The molecule has 0 atom stereocenters. The quantitative estimate of drug-likeness (QED) is 0.506. The summed E-state index contributed by atoms with van der Waals surface area (Å²) in [4.78, 5) is 8.33. The van der Waals surface area contributed by atoms with Gasteiger partial charge in [0, 0.05) is 23.5 Å². The van der Waals surface area contributed by atoms with Gasteiger partial charge in [-0.25, -0.2) is 0 Å². The number of hydrogen-bond acceptors (Lipinski definition) is 4. The van der Waals surface area contributed by atoms with Crippen molar-refractivity contribution in [2.45, 2.75) is 0 Å². The van der Waals surface area contributed by atoms with Gasteiger partial charge >= 0.3 is 0 Å². The number of nitrogens with two attached hydrogens (primary N) is 2. The van der Waals surface area contributed by atoms with Gasteiger partial charge < -0.3 is 11.5 Å². The first-order valence-corrected chi connectivity index (χ1v) is 5.19. The Bertz CT molecular complexity index is 573. The molecule has 6 N–H and O–H groups in total. The molecule has 0 saturated heterocycles. The van der Waals surface area contributed by atoms with Crippen LogP contribution in [0.15, 0.2) is 36.7 Å². The van der Waals surface area contributed by atoms with Crippen LogP contribution in [0.4, 0.5) is 0 Å². The van der Waals surface area contributed by atoms with Crippen LogP contribution in [-0.2, 0) is 0 Å². The first-order valence-electron chi connectivity index (χ1n) is 5.19. The molecule has 2 aromatic heterocycles. The van der Waals surface area contributed by atoms with Crippen molar-refractivity contribution in [1.82, 2.24) is 9.97 Å². The summed E-state index contributed by atoms with van der Waals surface area (Å²) in [5.41, 5.74) is 13.2. The molecule has 0 aliphatic heterocycles. The van der Waals surface area contributed by atoms with E-state index in [0.29, 0.717) is 22.5 Å². The highest BCUT2D eigenvalue weighted by atomic mass is 35.5. The van der Waals surface area contributed by atoms with Gasteiger partial charge in [0.15, 0.2) is 0 Å². The summed E-state index contributed by atoms with van der Waals surface area (Å²) in [5.74, 6) is -0.0530. The highest BCUT2D eigenvalue weighted by molar-refractivity contribution is 5.97. The van der Waals surface area contributed by atoms with Gasteiger partial charge in [0.25, 0.3) is 0 Å². The molecule has 106 valence electrons. The van der Waals surface area contributed by atoms with Crippen LogP contribution in [0.3, 0.4) is 0 Å². The van der Waals surface area contributed by atoms with E-state index in [0.717, 1.165) is 0 Å². The molecular weight excluding hydrogens is 299 g/mol. The molecule has 0 aliphatic rings.